The van der Waals surface area contributed by atoms with Gasteiger partial charge >= 0.3 is 0 Å². The van der Waals surface area contributed by atoms with Gasteiger partial charge in [0.1, 0.15) is 5.75 Å². The average molecular weight is 208 g/mol. The summed E-state index contributed by atoms with van der Waals surface area (Å²) in [7, 11) is 0. The Morgan fingerprint density at radius 1 is 1.07 bits per heavy atom. The topological polar surface area (TPSA) is 33.3 Å². The van der Waals surface area contributed by atoms with Crippen LogP contribution in [0.3, 0.4) is 0 Å². The molecule has 0 saturated carbocycles. The van der Waals surface area contributed by atoms with Crippen molar-refractivity contribution in [3.8, 4) is 5.75 Å². The van der Waals surface area contributed by atoms with Gasteiger partial charge < -0.3 is 15.4 Å². The fourth-order valence-corrected chi connectivity index (χ4v) is 1.31. The number of nitrogens with one attached hydrogen (secondary N) is 2. The first-order valence-corrected chi connectivity index (χ1v) is 5.54. The monoisotopic (exact) mass is 208 g/mol. The molecule has 0 spiro atoms. The zero-order chi connectivity index (χ0) is 10.9. The van der Waals surface area contributed by atoms with Crippen molar-refractivity contribution in [3.63, 3.8) is 0 Å². The van der Waals surface area contributed by atoms with E-state index in [0.717, 1.165) is 31.1 Å². The molecule has 0 aliphatic heterocycles. The Kier molecular flexibility index (Phi) is 5.63. The Morgan fingerprint density at radius 2 is 1.80 bits per heavy atom. The highest BCUT2D eigenvalue weighted by atomic mass is 16.5. The van der Waals surface area contributed by atoms with Crippen LogP contribution in [0, 0.1) is 0 Å². The number of hydrogen-bond donors (Lipinski definition) is 2. The van der Waals surface area contributed by atoms with E-state index in [1.165, 1.54) is 0 Å². The smallest absolute Gasteiger partial charge is 0.119 e. The van der Waals surface area contributed by atoms with Crippen LogP contribution in [-0.4, -0.2) is 26.2 Å². The molecular formula is C12H20N2O. The number of likely N-dealkylation sites (N-methyl/N-ethyl adjacent to an activating group) is 1. The molecule has 0 atom stereocenters. The van der Waals surface area contributed by atoms with Crippen molar-refractivity contribution in [2.24, 2.45) is 0 Å². The zero-order valence-corrected chi connectivity index (χ0v) is 9.55. The number of rotatable bonds is 7. The molecule has 1 aromatic rings. The van der Waals surface area contributed by atoms with Crippen molar-refractivity contribution in [2.75, 3.05) is 31.6 Å². The van der Waals surface area contributed by atoms with Crippen LogP contribution >= 0.6 is 0 Å². The van der Waals surface area contributed by atoms with Crippen LogP contribution in [-0.2, 0) is 0 Å². The Labute approximate surface area is 91.8 Å². The molecule has 0 radical (unpaired) electrons. The maximum atomic E-state index is 5.36. The summed E-state index contributed by atoms with van der Waals surface area (Å²) in [5.41, 5.74) is 1.14. The Morgan fingerprint density at radius 3 is 2.40 bits per heavy atom. The van der Waals surface area contributed by atoms with Crippen LogP contribution in [0.2, 0.25) is 0 Å². The van der Waals surface area contributed by atoms with Crippen LogP contribution < -0.4 is 15.4 Å². The second-order valence-corrected chi connectivity index (χ2v) is 3.24. The predicted molar refractivity (Wildman–Crippen MR) is 64.6 cm³/mol. The second kappa shape index (κ2) is 7.12. The van der Waals surface area contributed by atoms with Crippen LogP contribution in [0.1, 0.15) is 13.8 Å². The molecule has 1 rings (SSSR count). The number of anilines is 1. The number of hydrogen-bond acceptors (Lipinski definition) is 3. The standard InChI is InChI=1S/C12H20N2O/c1-3-13-9-10-14-11-5-7-12(8-6-11)15-4-2/h5-8,13-14H,3-4,9-10H2,1-2H3. The molecule has 0 saturated heterocycles. The third-order valence-corrected chi connectivity index (χ3v) is 2.05. The summed E-state index contributed by atoms with van der Waals surface area (Å²) in [6, 6.07) is 8.05. The molecule has 3 heteroatoms. The first-order valence-electron chi connectivity index (χ1n) is 5.54. The maximum Gasteiger partial charge on any atom is 0.119 e. The molecule has 0 bridgehead atoms. The third kappa shape index (κ3) is 4.70. The van der Waals surface area contributed by atoms with E-state index in [-0.39, 0.29) is 0 Å². The average Bonchev–Trinajstić information content (AvgIpc) is 2.27. The van der Waals surface area contributed by atoms with Gasteiger partial charge in [-0.3, -0.25) is 0 Å². The lowest BCUT2D eigenvalue weighted by Gasteiger charge is -2.08. The van der Waals surface area contributed by atoms with Gasteiger partial charge in [-0.25, -0.2) is 0 Å². The Hall–Kier alpha value is -1.22. The maximum absolute atomic E-state index is 5.36. The summed E-state index contributed by atoms with van der Waals surface area (Å²) >= 11 is 0. The molecule has 0 amide bonds. The molecule has 0 aromatic heterocycles. The molecule has 2 N–H and O–H groups in total. The summed E-state index contributed by atoms with van der Waals surface area (Å²) < 4.78 is 5.36. The first-order chi connectivity index (χ1) is 7.36. The van der Waals surface area contributed by atoms with Crippen LogP contribution in [0.25, 0.3) is 0 Å². The summed E-state index contributed by atoms with van der Waals surface area (Å²) in [4.78, 5) is 0. The van der Waals surface area contributed by atoms with Crippen molar-refractivity contribution in [3.05, 3.63) is 24.3 Å². The SMILES string of the molecule is CCNCCNc1ccc(OCC)cc1. The second-order valence-electron chi connectivity index (χ2n) is 3.24. The molecule has 84 valence electrons. The van der Waals surface area contributed by atoms with Crippen molar-refractivity contribution in [1.82, 2.24) is 5.32 Å². The van der Waals surface area contributed by atoms with Crippen LogP contribution in [0.5, 0.6) is 5.75 Å². The summed E-state index contributed by atoms with van der Waals surface area (Å²) in [5, 5.41) is 6.59. The Bertz CT molecular complexity index is 259. The van der Waals surface area contributed by atoms with E-state index in [1.54, 1.807) is 0 Å². The van der Waals surface area contributed by atoms with Crippen molar-refractivity contribution in [1.29, 1.82) is 0 Å². The van der Waals surface area contributed by atoms with E-state index in [1.807, 2.05) is 31.2 Å². The molecule has 0 fully saturated rings. The molecule has 0 heterocycles. The highest BCUT2D eigenvalue weighted by Crippen LogP contribution is 2.14. The van der Waals surface area contributed by atoms with Gasteiger partial charge in [0, 0.05) is 18.8 Å². The minimum absolute atomic E-state index is 0.715. The van der Waals surface area contributed by atoms with E-state index in [9.17, 15) is 0 Å². The normalized spacial score (nSPS) is 10.0. The highest BCUT2D eigenvalue weighted by molar-refractivity contribution is 5.46. The van der Waals surface area contributed by atoms with Gasteiger partial charge in [0.25, 0.3) is 0 Å². The zero-order valence-electron chi connectivity index (χ0n) is 9.55. The van der Waals surface area contributed by atoms with Gasteiger partial charge in [0.15, 0.2) is 0 Å². The first kappa shape index (κ1) is 11.9. The van der Waals surface area contributed by atoms with E-state index >= 15 is 0 Å². The van der Waals surface area contributed by atoms with Crippen molar-refractivity contribution in [2.45, 2.75) is 13.8 Å². The fraction of sp³-hybridized carbons (Fsp3) is 0.500. The lowest BCUT2D eigenvalue weighted by atomic mass is 10.3. The largest absolute Gasteiger partial charge is 0.494 e. The van der Waals surface area contributed by atoms with Gasteiger partial charge in [-0.1, -0.05) is 6.92 Å². The van der Waals surface area contributed by atoms with Gasteiger partial charge in [-0.05, 0) is 37.7 Å². The van der Waals surface area contributed by atoms with Gasteiger partial charge in [0.2, 0.25) is 0 Å². The van der Waals surface area contributed by atoms with Gasteiger partial charge in [-0.2, -0.15) is 0 Å². The molecule has 15 heavy (non-hydrogen) atoms. The molecular weight excluding hydrogens is 188 g/mol. The molecule has 0 aliphatic carbocycles. The highest BCUT2D eigenvalue weighted by Gasteiger charge is 1.93. The molecule has 0 aliphatic rings. The summed E-state index contributed by atoms with van der Waals surface area (Å²) in [5.74, 6) is 0.926. The lowest BCUT2D eigenvalue weighted by molar-refractivity contribution is 0.340. The van der Waals surface area contributed by atoms with Crippen LogP contribution in [0.4, 0.5) is 5.69 Å². The predicted octanol–water partition coefficient (Wildman–Crippen LogP) is 2.11. The molecule has 0 unspecified atom stereocenters. The lowest BCUT2D eigenvalue weighted by Crippen LogP contribution is -2.21. The van der Waals surface area contributed by atoms with Crippen LogP contribution in [0.15, 0.2) is 24.3 Å². The van der Waals surface area contributed by atoms with E-state index in [4.69, 9.17) is 4.74 Å². The van der Waals surface area contributed by atoms with Gasteiger partial charge in [0.05, 0.1) is 6.61 Å². The quantitative estimate of drug-likeness (QED) is 0.673. The van der Waals surface area contributed by atoms with Crippen molar-refractivity contribution < 1.29 is 4.74 Å². The number of benzene rings is 1. The minimum Gasteiger partial charge on any atom is -0.494 e. The fourth-order valence-electron chi connectivity index (χ4n) is 1.31. The van der Waals surface area contributed by atoms with E-state index in [2.05, 4.69) is 17.6 Å². The van der Waals surface area contributed by atoms with Crippen molar-refractivity contribution >= 4 is 5.69 Å². The summed E-state index contributed by atoms with van der Waals surface area (Å²) in [6.45, 7) is 7.77. The molecule has 3 nitrogen and oxygen atoms in total. The number of ether oxygens (including phenoxy) is 1. The Balaban J connectivity index is 2.29. The molecule has 1 aromatic carbocycles. The van der Waals surface area contributed by atoms with Gasteiger partial charge in [-0.15, -0.1) is 0 Å². The third-order valence-electron chi connectivity index (χ3n) is 2.05. The van der Waals surface area contributed by atoms with E-state index < -0.39 is 0 Å². The summed E-state index contributed by atoms with van der Waals surface area (Å²) in [6.07, 6.45) is 0. The minimum atomic E-state index is 0.715. The van der Waals surface area contributed by atoms with E-state index in [0.29, 0.717) is 6.61 Å².